The Morgan fingerprint density at radius 3 is 2.74 bits per heavy atom. The fraction of sp³-hybridized carbons (Fsp3) is 0.400. The van der Waals surface area contributed by atoms with Crippen LogP contribution in [-0.4, -0.2) is 40.3 Å². The highest BCUT2D eigenvalue weighted by Gasteiger charge is 2.34. The molecule has 2 aromatic heterocycles. The number of aromatic nitrogens is 3. The summed E-state index contributed by atoms with van der Waals surface area (Å²) in [5.41, 5.74) is 2.56. The smallest absolute Gasteiger partial charge is 0.218 e. The molecule has 1 aromatic carbocycles. The van der Waals surface area contributed by atoms with E-state index in [1.165, 1.54) is 0 Å². The van der Waals surface area contributed by atoms with Gasteiger partial charge in [0.05, 0.1) is 11.8 Å². The molecule has 3 heterocycles. The third-order valence-corrected chi connectivity index (χ3v) is 6.89. The maximum atomic E-state index is 12.9. The van der Waals surface area contributed by atoms with Crippen LogP contribution < -0.4 is 0 Å². The molecule has 0 aliphatic carbocycles. The summed E-state index contributed by atoms with van der Waals surface area (Å²) >= 11 is 0. The topological polar surface area (TPSA) is 68.1 Å². The van der Waals surface area contributed by atoms with Gasteiger partial charge in [-0.2, -0.15) is 4.31 Å². The average molecular weight is 385 g/mol. The Kier molecular flexibility index (Phi) is 4.97. The highest BCUT2D eigenvalue weighted by atomic mass is 32.2. The number of imidazole rings is 1. The lowest BCUT2D eigenvalue weighted by molar-refractivity contribution is 0.448. The molecule has 0 amide bonds. The first-order valence-corrected chi connectivity index (χ1v) is 11.0. The molecule has 142 valence electrons. The normalized spacial score (nSPS) is 18.3. The van der Waals surface area contributed by atoms with E-state index in [1.54, 1.807) is 10.5 Å². The standard InChI is InChI=1S/C20H24N4O2S/c1-2-7-19-22-18-10-6-12-21-20(18)24(19)17-11-13-23(14-17)27(25,26)15-16-8-4-3-5-9-16/h3-6,8-10,12,17H,2,7,11,13-15H2,1H3/t17-/m1/s1. The molecule has 1 aliphatic heterocycles. The molecule has 1 atom stereocenters. The van der Waals surface area contributed by atoms with Crippen molar-refractivity contribution in [3.8, 4) is 0 Å². The van der Waals surface area contributed by atoms with Crippen LogP contribution in [0.2, 0.25) is 0 Å². The molecule has 0 bridgehead atoms. The Labute approximate surface area is 159 Å². The minimum atomic E-state index is -3.34. The van der Waals surface area contributed by atoms with Crippen molar-refractivity contribution >= 4 is 21.2 Å². The number of benzene rings is 1. The predicted octanol–water partition coefficient (Wildman–Crippen LogP) is 3.16. The number of rotatable bonds is 6. The second kappa shape index (κ2) is 7.40. The van der Waals surface area contributed by atoms with E-state index in [2.05, 4.69) is 16.5 Å². The molecule has 1 aliphatic rings. The first-order chi connectivity index (χ1) is 13.1. The van der Waals surface area contributed by atoms with Crippen LogP contribution in [0, 0.1) is 0 Å². The number of sulfonamides is 1. The van der Waals surface area contributed by atoms with E-state index in [0.717, 1.165) is 41.8 Å². The number of nitrogens with zero attached hydrogens (tertiary/aromatic N) is 4. The second-order valence-corrected chi connectivity index (χ2v) is 9.01. The Balaban J connectivity index is 1.59. The van der Waals surface area contributed by atoms with Crippen LogP contribution in [-0.2, 0) is 22.2 Å². The zero-order chi connectivity index (χ0) is 18.9. The van der Waals surface area contributed by atoms with Crippen LogP contribution in [0.15, 0.2) is 48.7 Å². The van der Waals surface area contributed by atoms with Gasteiger partial charge in [0, 0.05) is 25.7 Å². The van der Waals surface area contributed by atoms with Crippen molar-refractivity contribution in [2.24, 2.45) is 0 Å². The van der Waals surface area contributed by atoms with Gasteiger partial charge in [0.15, 0.2) is 5.65 Å². The lowest BCUT2D eigenvalue weighted by atomic mass is 10.2. The van der Waals surface area contributed by atoms with Crippen LogP contribution in [0.25, 0.3) is 11.2 Å². The van der Waals surface area contributed by atoms with Crippen LogP contribution in [0.1, 0.15) is 37.2 Å². The summed E-state index contributed by atoms with van der Waals surface area (Å²) < 4.78 is 29.5. The van der Waals surface area contributed by atoms with Crippen LogP contribution in [0.3, 0.4) is 0 Å². The minimum absolute atomic E-state index is 0.0469. The van der Waals surface area contributed by atoms with E-state index in [0.29, 0.717) is 13.1 Å². The SMILES string of the molecule is CCCc1nc2cccnc2n1[C@@H]1CCN(S(=O)(=O)Cc2ccccc2)C1. The lowest BCUT2D eigenvalue weighted by Crippen LogP contribution is -2.30. The van der Waals surface area contributed by atoms with E-state index in [-0.39, 0.29) is 11.8 Å². The predicted molar refractivity (Wildman–Crippen MR) is 106 cm³/mol. The van der Waals surface area contributed by atoms with Crippen molar-refractivity contribution < 1.29 is 8.42 Å². The second-order valence-electron chi connectivity index (χ2n) is 7.04. The molecule has 0 saturated carbocycles. The largest absolute Gasteiger partial charge is 0.308 e. The van der Waals surface area contributed by atoms with Crippen molar-refractivity contribution in [2.75, 3.05) is 13.1 Å². The van der Waals surface area contributed by atoms with Crippen molar-refractivity contribution in [1.29, 1.82) is 0 Å². The summed E-state index contributed by atoms with van der Waals surface area (Å²) in [4.78, 5) is 9.25. The molecular formula is C20H24N4O2S. The van der Waals surface area contributed by atoms with Crippen LogP contribution >= 0.6 is 0 Å². The van der Waals surface area contributed by atoms with Gasteiger partial charge < -0.3 is 4.57 Å². The summed E-state index contributed by atoms with van der Waals surface area (Å²) in [5, 5.41) is 0. The molecule has 0 radical (unpaired) electrons. The Hall–Kier alpha value is -2.25. The Morgan fingerprint density at radius 1 is 1.15 bits per heavy atom. The molecule has 1 fully saturated rings. The minimum Gasteiger partial charge on any atom is -0.308 e. The lowest BCUT2D eigenvalue weighted by Gasteiger charge is -2.18. The highest BCUT2D eigenvalue weighted by molar-refractivity contribution is 7.88. The van der Waals surface area contributed by atoms with E-state index in [9.17, 15) is 8.42 Å². The van der Waals surface area contributed by atoms with Crippen molar-refractivity contribution in [1.82, 2.24) is 18.8 Å². The van der Waals surface area contributed by atoms with Gasteiger partial charge in [0.2, 0.25) is 10.0 Å². The Bertz CT molecular complexity index is 1030. The molecule has 0 unspecified atom stereocenters. The molecule has 3 aromatic rings. The molecular weight excluding hydrogens is 360 g/mol. The number of hydrogen-bond donors (Lipinski definition) is 0. The van der Waals surface area contributed by atoms with E-state index in [1.807, 2.05) is 42.5 Å². The van der Waals surface area contributed by atoms with E-state index in [4.69, 9.17) is 4.98 Å². The van der Waals surface area contributed by atoms with Crippen molar-refractivity contribution in [3.05, 3.63) is 60.0 Å². The number of pyridine rings is 1. The molecule has 0 N–H and O–H groups in total. The zero-order valence-electron chi connectivity index (χ0n) is 15.5. The fourth-order valence-electron chi connectivity index (χ4n) is 3.81. The summed E-state index contributed by atoms with van der Waals surface area (Å²) in [6.07, 6.45) is 4.41. The highest BCUT2D eigenvalue weighted by Crippen LogP contribution is 2.30. The maximum Gasteiger partial charge on any atom is 0.218 e. The van der Waals surface area contributed by atoms with Gasteiger partial charge in [-0.15, -0.1) is 0 Å². The average Bonchev–Trinajstić information content (AvgIpc) is 3.27. The van der Waals surface area contributed by atoms with Gasteiger partial charge in [0.25, 0.3) is 0 Å². The summed E-state index contributed by atoms with van der Waals surface area (Å²) in [6.45, 7) is 3.15. The van der Waals surface area contributed by atoms with Crippen molar-refractivity contribution in [3.63, 3.8) is 0 Å². The van der Waals surface area contributed by atoms with Gasteiger partial charge in [-0.3, -0.25) is 0 Å². The maximum absolute atomic E-state index is 12.9. The molecule has 27 heavy (non-hydrogen) atoms. The molecule has 6 nitrogen and oxygen atoms in total. The molecule has 4 rings (SSSR count). The van der Waals surface area contributed by atoms with E-state index < -0.39 is 10.0 Å². The number of aryl methyl sites for hydroxylation is 1. The molecule has 7 heteroatoms. The fourth-order valence-corrected chi connectivity index (χ4v) is 5.39. The molecule has 1 saturated heterocycles. The monoisotopic (exact) mass is 384 g/mol. The Morgan fingerprint density at radius 2 is 1.96 bits per heavy atom. The first kappa shape index (κ1) is 18.1. The molecule has 0 spiro atoms. The third kappa shape index (κ3) is 3.61. The van der Waals surface area contributed by atoms with Gasteiger partial charge in [-0.1, -0.05) is 37.3 Å². The summed E-state index contributed by atoms with van der Waals surface area (Å²) in [6, 6.07) is 13.3. The summed E-state index contributed by atoms with van der Waals surface area (Å²) in [7, 11) is -3.34. The van der Waals surface area contributed by atoms with Gasteiger partial charge in [-0.05, 0) is 30.5 Å². The first-order valence-electron chi connectivity index (χ1n) is 9.42. The summed E-state index contributed by atoms with van der Waals surface area (Å²) in [5.74, 6) is 1.05. The van der Waals surface area contributed by atoms with Crippen molar-refractivity contribution in [2.45, 2.75) is 38.0 Å². The van der Waals surface area contributed by atoms with E-state index >= 15 is 0 Å². The quantitative estimate of drug-likeness (QED) is 0.655. The zero-order valence-corrected chi connectivity index (χ0v) is 16.3. The van der Waals surface area contributed by atoms with Gasteiger partial charge in [-0.25, -0.2) is 18.4 Å². The van der Waals surface area contributed by atoms with Gasteiger partial charge in [0.1, 0.15) is 11.3 Å². The number of hydrogen-bond acceptors (Lipinski definition) is 4. The van der Waals surface area contributed by atoms with Crippen LogP contribution in [0.5, 0.6) is 0 Å². The van der Waals surface area contributed by atoms with Crippen LogP contribution in [0.4, 0.5) is 0 Å². The number of fused-ring (bicyclic) bond motifs is 1. The van der Waals surface area contributed by atoms with Gasteiger partial charge >= 0.3 is 0 Å². The third-order valence-electron chi connectivity index (χ3n) is 5.07.